The number of rotatable bonds is 3. The molecular weight excluding hydrogens is 358 g/mol. The maximum absolute atomic E-state index is 6.24. The minimum absolute atomic E-state index is 0.442. The van der Waals surface area contributed by atoms with Crippen LogP contribution in [0, 0.1) is 0 Å². The predicted octanol–water partition coefficient (Wildman–Crippen LogP) is 6.55. The first kappa shape index (κ1) is 16.0. The van der Waals surface area contributed by atoms with Gasteiger partial charge < -0.3 is 14.9 Å². The average molecular weight is 374 g/mol. The van der Waals surface area contributed by atoms with Gasteiger partial charge in [0.05, 0.1) is 10.7 Å². The Bertz CT molecular complexity index is 1310. The fourth-order valence-corrected chi connectivity index (χ4v) is 3.63. The molecule has 4 heteroatoms. The summed E-state index contributed by atoms with van der Waals surface area (Å²) >= 11 is 6.24. The lowest BCUT2D eigenvalue weighted by atomic mass is 10.1. The highest BCUT2D eigenvalue weighted by molar-refractivity contribution is 6.35. The number of fused-ring (bicyclic) bond motifs is 4. The van der Waals surface area contributed by atoms with Crippen molar-refractivity contribution in [1.29, 1.82) is 0 Å². The van der Waals surface area contributed by atoms with Crippen molar-refractivity contribution in [2.75, 3.05) is 5.73 Å². The summed E-state index contributed by atoms with van der Waals surface area (Å²) in [6, 6.07) is 24.0. The molecule has 3 nitrogen and oxygen atoms in total. The molecule has 0 saturated carbocycles. The molecule has 0 atom stereocenters. The Morgan fingerprint density at radius 2 is 1.70 bits per heavy atom. The Morgan fingerprint density at radius 1 is 0.852 bits per heavy atom. The van der Waals surface area contributed by atoms with Crippen LogP contribution < -0.4 is 10.5 Å². The van der Waals surface area contributed by atoms with Crippen molar-refractivity contribution in [1.82, 2.24) is 0 Å². The minimum atomic E-state index is 0.442. The van der Waals surface area contributed by atoms with E-state index in [1.807, 2.05) is 36.4 Å². The lowest BCUT2D eigenvalue weighted by molar-refractivity contribution is 0.308. The van der Waals surface area contributed by atoms with E-state index in [2.05, 4.69) is 30.3 Å². The van der Waals surface area contributed by atoms with Gasteiger partial charge in [-0.15, -0.1) is 0 Å². The first-order valence-corrected chi connectivity index (χ1v) is 9.07. The van der Waals surface area contributed by atoms with Crippen LogP contribution in [0.5, 0.6) is 5.75 Å². The molecule has 1 aromatic heterocycles. The van der Waals surface area contributed by atoms with Gasteiger partial charge in [-0.3, -0.25) is 0 Å². The Morgan fingerprint density at radius 3 is 2.59 bits per heavy atom. The lowest BCUT2D eigenvalue weighted by Gasteiger charge is -2.10. The summed E-state index contributed by atoms with van der Waals surface area (Å²) < 4.78 is 11.9. The number of hydrogen-bond donors (Lipinski definition) is 1. The Balaban J connectivity index is 1.51. The van der Waals surface area contributed by atoms with Gasteiger partial charge >= 0.3 is 0 Å². The third kappa shape index (κ3) is 2.77. The summed E-state index contributed by atoms with van der Waals surface area (Å²) in [7, 11) is 0. The average Bonchev–Trinajstić information content (AvgIpc) is 3.05. The van der Waals surface area contributed by atoms with E-state index in [1.165, 1.54) is 10.8 Å². The molecule has 5 rings (SSSR count). The number of hydrogen-bond acceptors (Lipinski definition) is 3. The summed E-state index contributed by atoms with van der Waals surface area (Å²) in [5.41, 5.74) is 9.18. The summed E-state index contributed by atoms with van der Waals surface area (Å²) in [5.74, 6) is 0.637. The van der Waals surface area contributed by atoms with E-state index in [-0.39, 0.29) is 0 Å². The van der Waals surface area contributed by atoms with Crippen molar-refractivity contribution in [2.24, 2.45) is 0 Å². The zero-order chi connectivity index (χ0) is 18.4. The van der Waals surface area contributed by atoms with Crippen molar-refractivity contribution >= 4 is 50.0 Å². The zero-order valence-corrected chi connectivity index (χ0v) is 15.2. The number of anilines is 1. The van der Waals surface area contributed by atoms with Crippen LogP contribution in [0.4, 0.5) is 5.69 Å². The van der Waals surface area contributed by atoms with Gasteiger partial charge in [-0.25, -0.2) is 0 Å². The molecule has 0 fully saturated rings. The summed E-state index contributed by atoms with van der Waals surface area (Å²) in [4.78, 5) is 0. The zero-order valence-electron chi connectivity index (χ0n) is 14.4. The molecule has 132 valence electrons. The fraction of sp³-hybridized carbons (Fsp3) is 0.0435. The van der Waals surface area contributed by atoms with Gasteiger partial charge in [0.15, 0.2) is 5.58 Å². The van der Waals surface area contributed by atoms with Crippen LogP contribution in [0.25, 0.3) is 32.7 Å². The van der Waals surface area contributed by atoms with Crippen molar-refractivity contribution in [3.05, 3.63) is 83.4 Å². The molecular formula is C23H16ClNO2. The highest BCUT2D eigenvalue weighted by Gasteiger charge is 2.13. The van der Waals surface area contributed by atoms with E-state index < -0.39 is 0 Å². The standard InChI is InChI=1S/C23H16ClNO2/c24-19-7-3-6-17-18-11-22(20(25)12-21(18)27-23(17)19)26-13-14-8-9-15-4-1-2-5-16(15)10-14/h1-12H,13,25H2. The minimum Gasteiger partial charge on any atom is -0.487 e. The van der Waals surface area contributed by atoms with Gasteiger partial charge in [0, 0.05) is 16.8 Å². The van der Waals surface area contributed by atoms with Crippen LogP contribution in [0.15, 0.2) is 77.2 Å². The molecule has 5 aromatic rings. The second-order valence-electron chi connectivity index (χ2n) is 6.57. The van der Waals surface area contributed by atoms with Crippen LogP contribution >= 0.6 is 11.6 Å². The highest BCUT2D eigenvalue weighted by Crippen LogP contribution is 2.37. The number of ether oxygens (including phenoxy) is 1. The monoisotopic (exact) mass is 373 g/mol. The van der Waals surface area contributed by atoms with Crippen LogP contribution in [-0.4, -0.2) is 0 Å². The topological polar surface area (TPSA) is 48.4 Å². The summed E-state index contributed by atoms with van der Waals surface area (Å²) in [5, 5.41) is 4.88. The van der Waals surface area contributed by atoms with Gasteiger partial charge in [0.25, 0.3) is 0 Å². The molecule has 0 aliphatic rings. The number of halogens is 1. The smallest absolute Gasteiger partial charge is 0.153 e. The van der Waals surface area contributed by atoms with E-state index in [9.17, 15) is 0 Å². The summed E-state index contributed by atoms with van der Waals surface area (Å²) in [6.07, 6.45) is 0. The molecule has 0 aliphatic carbocycles. The third-order valence-corrected chi connectivity index (χ3v) is 5.09. The normalized spacial score (nSPS) is 11.4. The van der Waals surface area contributed by atoms with Gasteiger partial charge in [-0.1, -0.05) is 60.1 Å². The van der Waals surface area contributed by atoms with Crippen LogP contribution in [0.1, 0.15) is 5.56 Å². The molecule has 0 aliphatic heterocycles. The number of para-hydroxylation sites is 1. The molecule has 2 N–H and O–H groups in total. The molecule has 27 heavy (non-hydrogen) atoms. The largest absolute Gasteiger partial charge is 0.487 e. The molecule has 0 spiro atoms. The van der Waals surface area contributed by atoms with E-state index in [0.717, 1.165) is 16.3 Å². The quantitative estimate of drug-likeness (QED) is 0.364. The fourth-order valence-electron chi connectivity index (χ4n) is 3.42. The molecule has 0 saturated heterocycles. The number of furan rings is 1. The van der Waals surface area contributed by atoms with Crippen molar-refractivity contribution < 1.29 is 9.15 Å². The van der Waals surface area contributed by atoms with Crippen LogP contribution in [0.3, 0.4) is 0 Å². The van der Waals surface area contributed by atoms with Crippen LogP contribution in [-0.2, 0) is 6.61 Å². The Kier molecular flexibility index (Phi) is 3.69. The van der Waals surface area contributed by atoms with Gasteiger partial charge in [0.2, 0.25) is 0 Å². The van der Waals surface area contributed by atoms with Crippen molar-refractivity contribution in [2.45, 2.75) is 6.61 Å². The molecule has 0 radical (unpaired) electrons. The van der Waals surface area contributed by atoms with Gasteiger partial charge in [-0.2, -0.15) is 0 Å². The SMILES string of the molecule is Nc1cc2oc3c(Cl)cccc3c2cc1OCc1ccc2ccccc2c1. The first-order chi connectivity index (χ1) is 13.2. The highest BCUT2D eigenvalue weighted by atomic mass is 35.5. The van der Waals surface area contributed by atoms with E-state index in [0.29, 0.717) is 34.2 Å². The molecule has 1 heterocycles. The number of benzene rings is 4. The van der Waals surface area contributed by atoms with Crippen molar-refractivity contribution in [3.8, 4) is 5.75 Å². The van der Waals surface area contributed by atoms with Gasteiger partial charge in [0.1, 0.15) is 17.9 Å². The second-order valence-corrected chi connectivity index (χ2v) is 6.98. The molecule has 0 unspecified atom stereocenters. The van der Waals surface area contributed by atoms with Crippen molar-refractivity contribution in [3.63, 3.8) is 0 Å². The van der Waals surface area contributed by atoms with Gasteiger partial charge in [-0.05, 0) is 34.5 Å². The van der Waals surface area contributed by atoms with E-state index in [1.54, 1.807) is 6.07 Å². The maximum atomic E-state index is 6.24. The number of nitrogens with two attached hydrogens (primary N) is 1. The molecule has 0 amide bonds. The maximum Gasteiger partial charge on any atom is 0.153 e. The van der Waals surface area contributed by atoms with E-state index in [4.69, 9.17) is 26.5 Å². The van der Waals surface area contributed by atoms with E-state index >= 15 is 0 Å². The lowest BCUT2D eigenvalue weighted by Crippen LogP contribution is -1.98. The summed E-state index contributed by atoms with van der Waals surface area (Å²) in [6.45, 7) is 0.442. The number of nitrogen functional groups attached to an aromatic ring is 1. The molecule has 0 bridgehead atoms. The second kappa shape index (κ2) is 6.22. The Hall–Kier alpha value is -3.17. The first-order valence-electron chi connectivity index (χ1n) is 8.70. The molecule has 4 aromatic carbocycles. The predicted molar refractivity (Wildman–Crippen MR) is 111 cm³/mol. The third-order valence-electron chi connectivity index (χ3n) is 4.79. The Labute approximate surface area is 160 Å². The van der Waals surface area contributed by atoms with Crippen LogP contribution in [0.2, 0.25) is 5.02 Å².